The number of hydrogen-bond acceptors (Lipinski definition) is 3. The van der Waals surface area contributed by atoms with Crippen molar-refractivity contribution in [2.45, 2.75) is 75.9 Å². The summed E-state index contributed by atoms with van der Waals surface area (Å²) in [5.74, 6) is 0. The maximum Gasteiger partial charge on any atom is 0.252 e. The van der Waals surface area contributed by atoms with Crippen molar-refractivity contribution in [1.29, 1.82) is 0 Å². The number of rotatable bonds is 11. The van der Waals surface area contributed by atoms with Gasteiger partial charge in [0.05, 0.1) is 16.2 Å². The average molecular weight is 1210 g/mol. The molecule has 13 aromatic carbocycles. The molecule has 0 unspecified atom stereocenters. The van der Waals surface area contributed by atoms with E-state index in [1.807, 2.05) is 0 Å². The zero-order valence-electron chi connectivity index (χ0n) is 54.1. The summed E-state index contributed by atoms with van der Waals surface area (Å²) in [7, 11) is 0. The van der Waals surface area contributed by atoms with Crippen LogP contribution >= 0.6 is 0 Å². The topological polar surface area (TPSA) is 9.72 Å². The molecule has 5 aliphatic rings. The highest BCUT2D eigenvalue weighted by atomic mass is 15.2. The maximum absolute atomic E-state index is 2.77. The van der Waals surface area contributed by atoms with Gasteiger partial charge in [-0.15, -0.1) is 0 Å². The molecular weight excluding hydrogens is 1130 g/mol. The van der Waals surface area contributed by atoms with Gasteiger partial charge in [-0.2, -0.15) is 0 Å². The molecule has 0 radical (unpaired) electrons. The summed E-state index contributed by atoms with van der Waals surface area (Å²) in [5.41, 5.74) is 33.0. The lowest BCUT2D eigenvalue weighted by molar-refractivity contribution is 0.760. The molecule has 0 bridgehead atoms. The Kier molecular flexibility index (Phi) is 12.6. The van der Waals surface area contributed by atoms with Gasteiger partial charge in [0.15, 0.2) is 0 Å². The summed E-state index contributed by atoms with van der Waals surface area (Å²) in [6.07, 6.45) is 0. The first-order valence-electron chi connectivity index (χ1n) is 33.9. The molecule has 0 fully saturated rings. The Bertz CT molecular complexity index is 4800. The molecular formula is C90H72BN3. The molecule has 3 aliphatic carbocycles. The molecule has 4 heteroatoms. The minimum absolute atomic E-state index is 0.0388. The van der Waals surface area contributed by atoms with Crippen molar-refractivity contribution >= 4 is 57.2 Å². The van der Waals surface area contributed by atoms with Crippen molar-refractivity contribution in [3.8, 4) is 33.4 Å². The van der Waals surface area contributed by atoms with Crippen LogP contribution in [0.2, 0.25) is 0 Å². The minimum atomic E-state index is -0.589. The number of anilines is 6. The SMILES string of the molecule is CC(C)N(c1cc2c3c(c1)N(C(C)C)c1c(ccc4c1-c1ccccc1C4(c1ccccc1)c1ccccc1)B3c1ccc3c(c1N2C(C)C)-c1ccccc1C3(c1ccccc1)c1ccccc1)c1cccc2c1-c1ccccc1C2(c1ccccc1)c1ccccc1. The monoisotopic (exact) mass is 1210 g/mol. The number of fused-ring (bicyclic) bond motifs is 15. The second kappa shape index (κ2) is 21.2. The molecule has 0 amide bonds. The summed E-state index contributed by atoms with van der Waals surface area (Å²) >= 11 is 0. The van der Waals surface area contributed by atoms with Crippen LogP contribution in [-0.4, -0.2) is 24.8 Å². The molecule has 0 atom stereocenters. The Labute approximate surface area is 554 Å². The fraction of sp³-hybridized carbons (Fsp3) is 0.133. The Balaban J connectivity index is 0.971. The van der Waals surface area contributed by atoms with Crippen molar-refractivity contribution in [3.05, 3.63) is 376 Å². The van der Waals surface area contributed by atoms with Gasteiger partial charge in [-0.1, -0.05) is 291 Å². The lowest BCUT2D eigenvalue weighted by atomic mass is 9.33. The molecule has 3 nitrogen and oxygen atoms in total. The highest BCUT2D eigenvalue weighted by molar-refractivity contribution is 7.00. The normalized spacial score (nSPS) is 15.0. The Hall–Kier alpha value is -10.7. The summed E-state index contributed by atoms with van der Waals surface area (Å²) in [6, 6.07) is 119. The van der Waals surface area contributed by atoms with Gasteiger partial charge >= 0.3 is 0 Å². The number of hydrogen-bond donors (Lipinski definition) is 0. The summed E-state index contributed by atoms with van der Waals surface area (Å²) in [6.45, 7) is 14.4. The molecule has 18 rings (SSSR count). The first-order chi connectivity index (χ1) is 46.2. The van der Waals surface area contributed by atoms with Crippen LogP contribution in [0, 0.1) is 0 Å². The molecule has 2 heterocycles. The van der Waals surface area contributed by atoms with E-state index < -0.39 is 16.2 Å². The van der Waals surface area contributed by atoms with Crippen LogP contribution < -0.4 is 31.1 Å². The molecule has 0 saturated heterocycles. The first-order valence-corrected chi connectivity index (χ1v) is 33.9. The molecule has 94 heavy (non-hydrogen) atoms. The minimum Gasteiger partial charge on any atom is -0.339 e. The van der Waals surface area contributed by atoms with Crippen LogP contribution in [0.15, 0.2) is 309 Å². The molecule has 2 aliphatic heterocycles. The van der Waals surface area contributed by atoms with E-state index in [0.29, 0.717) is 0 Å². The van der Waals surface area contributed by atoms with Gasteiger partial charge in [-0.05, 0) is 160 Å². The predicted molar refractivity (Wildman–Crippen MR) is 394 cm³/mol. The van der Waals surface area contributed by atoms with Crippen LogP contribution in [0.5, 0.6) is 0 Å². The van der Waals surface area contributed by atoms with Crippen LogP contribution in [0.3, 0.4) is 0 Å². The van der Waals surface area contributed by atoms with Gasteiger partial charge in [0, 0.05) is 68.9 Å². The van der Waals surface area contributed by atoms with Gasteiger partial charge in [-0.25, -0.2) is 0 Å². The van der Waals surface area contributed by atoms with Crippen LogP contribution in [0.1, 0.15) is 108 Å². The lowest BCUT2D eigenvalue weighted by Gasteiger charge is -2.48. The van der Waals surface area contributed by atoms with E-state index in [4.69, 9.17) is 0 Å². The highest BCUT2D eigenvalue weighted by Crippen LogP contribution is 2.64. The van der Waals surface area contributed by atoms with Gasteiger partial charge in [0.25, 0.3) is 6.71 Å². The highest BCUT2D eigenvalue weighted by Gasteiger charge is 2.55. The van der Waals surface area contributed by atoms with E-state index in [2.05, 4.69) is 366 Å². The quantitative estimate of drug-likeness (QED) is 0.120. The molecule has 0 N–H and O–H groups in total. The Morgan fingerprint density at radius 1 is 0.298 bits per heavy atom. The Morgan fingerprint density at radius 2 is 0.596 bits per heavy atom. The van der Waals surface area contributed by atoms with Crippen LogP contribution in [0.4, 0.5) is 34.1 Å². The van der Waals surface area contributed by atoms with E-state index >= 15 is 0 Å². The van der Waals surface area contributed by atoms with Crippen molar-refractivity contribution < 1.29 is 0 Å². The summed E-state index contributed by atoms with van der Waals surface area (Å²) in [4.78, 5) is 8.24. The van der Waals surface area contributed by atoms with E-state index in [9.17, 15) is 0 Å². The van der Waals surface area contributed by atoms with Gasteiger partial charge in [-0.3, -0.25) is 0 Å². The molecule has 13 aromatic rings. The third kappa shape index (κ3) is 7.40. The summed E-state index contributed by atoms with van der Waals surface area (Å²) < 4.78 is 0. The third-order valence-corrected chi connectivity index (χ3v) is 21.8. The predicted octanol–water partition coefficient (Wildman–Crippen LogP) is 19.6. The summed E-state index contributed by atoms with van der Waals surface area (Å²) in [5, 5.41) is 0. The van der Waals surface area contributed by atoms with Crippen LogP contribution in [0.25, 0.3) is 33.4 Å². The van der Waals surface area contributed by atoms with Crippen molar-refractivity contribution in [2.24, 2.45) is 0 Å². The van der Waals surface area contributed by atoms with E-state index in [1.165, 1.54) is 151 Å². The fourth-order valence-electron chi connectivity index (χ4n) is 18.7. The van der Waals surface area contributed by atoms with Crippen molar-refractivity contribution in [1.82, 2.24) is 0 Å². The second-order valence-electron chi connectivity index (χ2n) is 27.4. The maximum atomic E-state index is 2.77. The van der Waals surface area contributed by atoms with E-state index in [1.54, 1.807) is 0 Å². The standard InChI is InChI=1S/C90H72BN3/c1-58(2)92(79-51-31-50-74-82(79)68-44-25-28-47-71(68)88(74,61-32-13-7-14-33-61)62-34-15-8-16-35-62)67-56-80-85-81(57-67)94(60(5)6)87-78(55-53-76-84(87)70-46-27-30-49-73(70)90(76,65-40-21-11-22-41-65)66-42-23-12-24-43-66)91(85)77-54-52-75-83(86(77)93(80)59(3)4)69-45-26-29-48-72(69)89(75,63-36-17-9-18-37-63)64-38-19-10-20-39-64/h7-60H,1-6H3. The zero-order valence-corrected chi connectivity index (χ0v) is 54.1. The Morgan fingerprint density at radius 3 is 0.926 bits per heavy atom. The van der Waals surface area contributed by atoms with Gasteiger partial charge in [0.1, 0.15) is 0 Å². The van der Waals surface area contributed by atoms with E-state index in [-0.39, 0.29) is 24.8 Å². The van der Waals surface area contributed by atoms with Crippen LogP contribution in [-0.2, 0) is 16.2 Å². The molecule has 0 aromatic heterocycles. The number of nitrogens with zero attached hydrogens (tertiary/aromatic N) is 3. The molecule has 0 saturated carbocycles. The van der Waals surface area contributed by atoms with Gasteiger partial charge < -0.3 is 14.7 Å². The fourth-order valence-corrected chi connectivity index (χ4v) is 18.7. The molecule has 0 spiro atoms. The lowest BCUT2D eigenvalue weighted by Crippen LogP contribution is -2.63. The molecule has 450 valence electrons. The average Bonchev–Trinajstić information content (AvgIpc) is 1.43. The third-order valence-electron chi connectivity index (χ3n) is 21.8. The second-order valence-corrected chi connectivity index (χ2v) is 27.4. The van der Waals surface area contributed by atoms with Gasteiger partial charge in [0.2, 0.25) is 0 Å². The smallest absolute Gasteiger partial charge is 0.252 e. The first kappa shape index (κ1) is 56.1. The van der Waals surface area contributed by atoms with Crippen molar-refractivity contribution in [3.63, 3.8) is 0 Å². The van der Waals surface area contributed by atoms with E-state index in [0.717, 1.165) is 0 Å². The van der Waals surface area contributed by atoms with Crippen molar-refractivity contribution in [2.75, 3.05) is 14.7 Å². The zero-order chi connectivity index (χ0) is 63.2. The largest absolute Gasteiger partial charge is 0.339 e. The number of benzene rings is 13.